The van der Waals surface area contributed by atoms with Crippen LogP contribution in [-0.4, -0.2) is 37.9 Å². The molecule has 168 valence electrons. The van der Waals surface area contributed by atoms with Crippen LogP contribution in [0.25, 0.3) is 5.69 Å². The smallest absolute Gasteiger partial charge is 0.260 e. The summed E-state index contributed by atoms with van der Waals surface area (Å²) < 4.78 is 40.3. The van der Waals surface area contributed by atoms with E-state index >= 15 is 0 Å². The summed E-state index contributed by atoms with van der Waals surface area (Å²) >= 11 is 0. The van der Waals surface area contributed by atoms with Crippen molar-refractivity contribution in [1.29, 1.82) is 0 Å². The molecule has 32 heavy (non-hydrogen) atoms. The molecule has 3 rings (SSSR count). The van der Waals surface area contributed by atoms with E-state index in [9.17, 15) is 17.6 Å². The van der Waals surface area contributed by atoms with Gasteiger partial charge in [0.2, 0.25) is 10.0 Å². The van der Waals surface area contributed by atoms with Crippen LogP contribution in [-0.2, 0) is 14.8 Å². The molecule has 0 saturated carbocycles. The molecule has 0 bridgehead atoms. The maximum absolute atomic E-state index is 13.2. The molecule has 0 spiro atoms. The summed E-state index contributed by atoms with van der Waals surface area (Å²) in [5.74, 6) is -1.12. The van der Waals surface area contributed by atoms with Gasteiger partial charge in [-0.3, -0.25) is 9.10 Å². The van der Waals surface area contributed by atoms with Gasteiger partial charge in [-0.2, -0.15) is 5.10 Å². The van der Waals surface area contributed by atoms with Crippen LogP contribution in [0.2, 0.25) is 0 Å². The van der Waals surface area contributed by atoms with E-state index in [1.807, 2.05) is 45.0 Å². The molecule has 0 aliphatic carbocycles. The zero-order chi connectivity index (χ0) is 23.5. The number of amides is 1. The summed E-state index contributed by atoms with van der Waals surface area (Å²) in [5, 5.41) is 3.99. The van der Waals surface area contributed by atoms with E-state index in [1.54, 1.807) is 0 Å². The molecule has 0 atom stereocenters. The van der Waals surface area contributed by atoms with E-state index < -0.39 is 28.3 Å². The Morgan fingerprint density at radius 2 is 1.81 bits per heavy atom. The quantitative estimate of drug-likeness (QED) is 0.437. The lowest BCUT2D eigenvalue weighted by atomic mass is 10.2. The van der Waals surface area contributed by atoms with E-state index in [4.69, 9.17) is 0 Å². The minimum Gasteiger partial charge on any atom is -0.318 e. The van der Waals surface area contributed by atoms with Crippen molar-refractivity contribution in [3.05, 3.63) is 82.9 Å². The monoisotopic (exact) mass is 456 g/mol. The number of halogens is 1. The number of aromatic nitrogens is 1. The Morgan fingerprint density at radius 1 is 1.12 bits per heavy atom. The van der Waals surface area contributed by atoms with Crippen LogP contribution in [0.1, 0.15) is 22.5 Å². The maximum atomic E-state index is 13.2. The third-order valence-corrected chi connectivity index (χ3v) is 6.07. The number of hydrazone groups is 1. The van der Waals surface area contributed by atoms with Crippen molar-refractivity contribution in [3.8, 4) is 5.69 Å². The molecule has 1 aromatic heterocycles. The van der Waals surface area contributed by atoms with Crippen molar-refractivity contribution < 1.29 is 17.6 Å². The Hall–Kier alpha value is -3.46. The Labute approximate surface area is 187 Å². The predicted octanol–water partition coefficient (Wildman–Crippen LogP) is 3.46. The molecule has 9 heteroatoms. The molecule has 2 aromatic carbocycles. The second-order valence-corrected chi connectivity index (χ2v) is 9.45. The van der Waals surface area contributed by atoms with E-state index in [0.29, 0.717) is 0 Å². The molecule has 0 unspecified atom stereocenters. The van der Waals surface area contributed by atoms with Crippen LogP contribution < -0.4 is 9.73 Å². The first kappa shape index (κ1) is 23.2. The minimum absolute atomic E-state index is 0.190. The first-order valence-corrected chi connectivity index (χ1v) is 11.7. The molecule has 0 aliphatic rings. The van der Waals surface area contributed by atoms with Crippen molar-refractivity contribution in [1.82, 2.24) is 9.99 Å². The Balaban J connectivity index is 1.73. The number of hydrogen-bond acceptors (Lipinski definition) is 4. The van der Waals surface area contributed by atoms with Crippen molar-refractivity contribution in [2.24, 2.45) is 5.10 Å². The molecule has 0 fully saturated rings. The molecule has 1 heterocycles. The summed E-state index contributed by atoms with van der Waals surface area (Å²) in [6.45, 7) is 5.49. The molecule has 7 nitrogen and oxygen atoms in total. The highest BCUT2D eigenvalue weighted by molar-refractivity contribution is 7.92. The van der Waals surface area contributed by atoms with Gasteiger partial charge in [0.1, 0.15) is 12.4 Å². The predicted molar refractivity (Wildman–Crippen MR) is 124 cm³/mol. The van der Waals surface area contributed by atoms with E-state index in [-0.39, 0.29) is 5.69 Å². The Bertz CT molecular complexity index is 1260. The highest BCUT2D eigenvalue weighted by Crippen LogP contribution is 2.21. The molecule has 0 radical (unpaired) electrons. The standard InChI is InChI=1S/C23H25FN4O3S/c1-16-6-5-7-22(12-16)28-17(2)13-19(18(28)3)14-25-26-23(29)15-27(32(4,30)31)21-10-8-20(24)9-11-21/h5-14H,15H2,1-4H3,(H,26,29)/b25-14-. The van der Waals surface area contributed by atoms with Gasteiger partial charge in [-0.1, -0.05) is 12.1 Å². The normalized spacial score (nSPS) is 11.7. The number of carbonyl (C=O) groups is 1. The summed E-state index contributed by atoms with van der Waals surface area (Å²) in [7, 11) is -3.75. The number of nitrogens with zero attached hydrogens (tertiary/aromatic N) is 3. The number of anilines is 1. The summed E-state index contributed by atoms with van der Waals surface area (Å²) in [4.78, 5) is 12.3. The van der Waals surface area contributed by atoms with Gasteiger partial charge in [-0.15, -0.1) is 0 Å². The van der Waals surface area contributed by atoms with Crippen LogP contribution in [0.4, 0.5) is 10.1 Å². The van der Waals surface area contributed by atoms with E-state index in [1.165, 1.54) is 18.3 Å². The molecular formula is C23H25FN4O3S. The number of rotatable bonds is 7. The Morgan fingerprint density at radius 3 is 2.44 bits per heavy atom. The Kier molecular flexibility index (Phi) is 6.78. The van der Waals surface area contributed by atoms with Crippen molar-refractivity contribution in [2.75, 3.05) is 17.1 Å². The summed E-state index contributed by atoms with van der Waals surface area (Å²) in [5.41, 5.74) is 7.52. The van der Waals surface area contributed by atoms with Gasteiger partial charge in [-0.05, 0) is 68.8 Å². The van der Waals surface area contributed by atoms with E-state index in [2.05, 4.69) is 21.2 Å². The fourth-order valence-corrected chi connectivity index (χ4v) is 4.29. The number of nitrogens with one attached hydrogen (secondary N) is 1. The lowest BCUT2D eigenvalue weighted by molar-refractivity contribution is -0.119. The van der Waals surface area contributed by atoms with Crippen LogP contribution in [0.5, 0.6) is 0 Å². The number of carbonyl (C=O) groups excluding carboxylic acids is 1. The van der Waals surface area contributed by atoms with Crippen molar-refractivity contribution in [2.45, 2.75) is 20.8 Å². The zero-order valence-corrected chi connectivity index (χ0v) is 19.1. The van der Waals surface area contributed by atoms with Crippen LogP contribution in [0.15, 0.2) is 59.7 Å². The average Bonchev–Trinajstić information content (AvgIpc) is 2.99. The van der Waals surface area contributed by atoms with Gasteiger partial charge >= 0.3 is 0 Å². The van der Waals surface area contributed by atoms with Gasteiger partial charge < -0.3 is 4.57 Å². The molecular weight excluding hydrogens is 431 g/mol. The van der Waals surface area contributed by atoms with Gasteiger partial charge in [-0.25, -0.2) is 18.2 Å². The minimum atomic E-state index is -3.75. The summed E-state index contributed by atoms with van der Waals surface area (Å²) in [6.07, 6.45) is 2.50. The third kappa shape index (κ3) is 5.42. The highest BCUT2D eigenvalue weighted by atomic mass is 32.2. The lowest BCUT2D eigenvalue weighted by Gasteiger charge is -2.21. The fourth-order valence-electron chi connectivity index (χ4n) is 3.43. The SMILES string of the molecule is Cc1cccc(-n2c(C)cc(/C=N\NC(=O)CN(c3ccc(F)cc3)S(C)(=O)=O)c2C)c1. The topological polar surface area (TPSA) is 83.8 Å². The first-order chi connectivity index (χ1) is 15.1. The molecule has 1 N–H and O–H groups in total. The number of aryl methyl sites for hydroxylation is 2. The van der Waals surface area contributed by atoms with Crippen molar-refractivity contribution in [3.63, 3.8) is 0 Å². The van der Waals surface area contributed by atoms with Gasteiger partial charge in [0.15, 0.2) is 0 Å². The van der Waals surface area contributed by atoms with Crippen LogP contribution in [0.3, 0.4) is 0 Å². The molecule has 0 saturated heterocycles. The highest BCUT2D eigenvalue weighted by Gasteiger charge is 2.20. The average molecular weight is 457 g/mol. The molecule has 0 aliphatic heterocycles. The third-order valence-electron chi connectivity index (χ3n) is 4.93. The molecule has 1 amide bonds. The fraction of sp³-hybridized carbons (Fsp3) is 0.217. The maximum Gasteiger partial charge on any atom is 0.260 e. The largest absolute Gasteiger partial charge is 0.318 e. The number of hydrogen-bond donors (Lipinski definition) is 1. The number of benzene rings is 2. The van der Waals surface area contributed by atoms with E-state index in [0.717, 1.165) is 50.9 Å². The second kappa shape index (κ2) is 9.35. The van der Waals surface area contributed by atoms with Gasteiger partial charge in [0, 0.05) is 22.6 Å². The summed E-state index contributed by atoms with van der Waals surface area (Å²) in [6, 6.07) is 14.9. The van der Waals surface area contributed by atoms with Gasteiger partial charge in [0.05, 0.1) is 18.2 Å². The van der Waals surface area contributed by atoms with Gasteiger partial charge in [0.25, 0.3) is 5.91 Å². The number of sulfonamides is 1. The van der Waals surface area contributed by atoms with Crippen molar-refractivity contribution >= 4 is 27.8 Å². The first-order valence-electron chi connectivity index (χ1n) is 9.87. The van der Waals surface area contributed by atoms with Crippen LogP contribution >= 0.6 is 0 Å². The lowest BCUT2D eigenvalue weighted by Crippen LogP contribution is -2.39. The zero-order valence-electron chi connectivity index (χ0n) is 18.3. The second-order valence-electron chi connectivity index (χ2n) is 7.54. The van der Waals surface area contributed by atoms with Crippen LogP contribution in [0, 0.1) is 26.6 Å². The molecule has 3 aromatic rings.